The molecule has 1 aromatic heterocycles. The van der Waals surface area contributed by atoms with E-state index >= 15 is 0 Å². The van der Waals surface area contributed by atoms with Crippen LogP contribution in [-0.2, 0) is 15.6 Å². The monoisotopic (exact) mass is 339 g/mol. The molecule has 3 rings (SSSR count). The average Bonchev–Trinajstić information content (AvgIpc) is 2.94. The summed E-state index contributed by atoms with van der Waals surface area (Å²) in [6.07, 6.45) is 0.343. The molecule has 0 amide bonds. The number of aliphatic hydroxyl groups is 1. The summed E-state index contributed by atoms with van der Waals surface area (Å²) in [6.45, 7) is 2.13. The first kappa shape index (κ1) is 15.5. The zero-order chi connectivity index (χ0) is 15.8. The molecule has 0 aliphatic carbocycles. The van der Waals surface area contributed by atoms with E-state index in [2.05, 4.69) is 4.72 Å². The fourth-order valence-electron chi connectivity index (χ4n) is 2.47. The highest BCUT2D eigenvalue weighted by Crippen LogP contribution is 2.36. The number of benzene rings is 1. The molecule has 0 saturated carbocycles. The molecule has 5 nitrogen and oxygen atoms in total. The lowest BCUT2D eigenvalue weighted by atomic mass is 9.88. The topological polar surface area (TPSA) is 75.6 Å². The van der Waals surface area contributed by atoms with Gasteiger partial charge in [0.05, 0.1) is 6.61 Å². The molecule has 1 atom stereocenters. The number of thiophene rings is 1. The minimum atomic E-state index is -3.61. The highest BCUT2D eigenvalue weighted by atomic mass is 32.2. The molecule has 7 heteroatoms. The van der Waals surface area contributed by atoms with E-state index in [0.717, 1.165) is 4.88 Å². The number of rotatable bonds is 4. The van der Waals surface area contributed by atoms with Gasteiger partial charge < -0.3 is 9.84 Å². The number of hydrogen-bond donors (Lipinski definition) is 2. The molecule has 118 valence electrons. The number of para-hydroxylation sites is 1. The molecule has 2 heterocycles. The largest absolute Gasteiger partial charge is 0.493 e. The lowest BCUT2D eigenvalue weighted by Gasteiger charge is -2.34. The van der Waals surface area contributed by atoms with Crippen LogP contribution in [0.3, 0.4) is 0 Å². The Kier molecular flexibility index (Phi) is 3.98. The zero-order valence-corrected chi connectivity index (χ0v) is 13.7. The van der Waals surface area contributed by atoms with Crippen molar-refractivity contribution in [1.29, 1.82) is 0 Å². The van der Waals surface area contributed by atoms with Crippen molar-refractivity contribution in [2.75, 3.05) is 13.2 Å². The molecule has 0 radical (unpaired) electrons. The normalized spacial score (nSPS) is 21.2. The second-order valence-electron chi connectivity index (χ2n) is 5.32. The number of nitrogens with one attached hydrogen (secondary N) is 1. The third kappa shape index (κ3) is 2.89. The van der Waals surface area contributed by atoms with E-state index in [0.29, 0.717) is 24.3 Å². The van der Waals surface area contributed by atoms with Crippen molar-refractivity contribution in [3.63, 3.8) is 0 Å². The molecule has 1 aromatic carbocycles. The van der Waals surface area contributed by atoms with Gasteiger partial charge in [-0.05, 0) is 25.1 Å². The molecule has 1 aliphatic heterocycles. The predicted molar refractivity (Wildman–Crippen MR) is 84.7 cm³/mol. The fraction of sp³-hybridized carbons (Fsp3) is 0.333. The molecule has 0 saturated heterocycles. The lowest BCUT2D eigenvalue weighted by molar-refractivity contribution is 0.00220. The van der Waals surface area contributed by atoms with E-state index in [4.69, 9.17) is 4.74 Å². The maximum absolute atomic E-state index is 12.3. The third-order valence-corrected chi connectivity index (χ3v) is 6.59. The summed E-state index contributed by atoms with van der Waals surface area (Å²) in [4.78, 5) is 0.926. The van der Waals surface area contributed by atoms with Crippen LogP contribution >= 0.6 is 11.3 Å². The number of aryl methyl sites for hydroxylation is 1. The van der Waals surface area contributed by atoms with Gasteiger partial charge in [-0.15, -0.1) is 11.3 Å². The van der Waals surface area contributed by atoms with E-state index in [1.54, 1.807) is 30.3 Å². The van der Waals surface area contributed by atoms with Gasteiger partial charge in [-0.2, -0.15) is 0 Å². The van der Waals surface area contributed by atoms with Crippen molar-refractivity contribution < 1.29 is 18.3 Å². The van der Waals surface area contributed by atoms with E-state index in [9.17, 15) is 13.5 Å². The van der Waals surface area contributed by atoms with E-state index in [-0.39, 0.29) is 10.8 Å². The minimum Gasteiger partial charge on any atom is -0.493 e. The van der Waals surface area contributed by atoms with Crippen LogP contribution < -0.4 is 9.46 Å². The van der Waals surface area contributed by atoms with Crippen molar-refractivity contribution in [3.8, 4) is 5.75 Å². The molecular formula is C15H17NO4S2. The molecule has 0 bridgehead atoms. The molecule has 0 fully saturated rings. The van der Waals surface area contributed by atoms with Crippen LogP contribution in [0.25, 0.3) is 0 Å². The molecule has 2 aromatic rings. The predicted octanol–water partition coefficient (Wildman–Crippen LogP) is 2.01. The Morgan fingerprint density at radius 1 is 1.32 bits per heavy atom. The summed E-state index contributed by atoms with van der Waals surface area (Å²) in [6, 6.07) is 10.5. The second-order valence-corrected chi connectivity index (χ2v) is 8.60. The maximum atomic E-state index is 12.3. The first-order valence-corrected chi connectivity index (χ1v) is 9.21. The number of sulfonamides is 1. The van der Waals surface area contributed by atoms with Crippen molar-refractivity contribution in [2.45, 2.75) is 23.2 Å². The minimum absolute atomic E-state index is 0.0767. The Balaban J connectivity index is 1.82. The van der Waals surface area contributed by atoms with Crippen LogP contribution in [0, 0.1) is 6.92 Å². The van der Waals surface area contributed by atoms with Gasteiger partial charge in [0.1, 0.15) is 15.6 Å². The van der Waals surface area contributed by atoms with Gasteiger partial charge >= 0.3 is 0 Å². The van der Waals surface area contributed by atoms with Crippen LogP contribution in [0.1, 0.15) is 16.9 Å². The zero-order valence-electron chi connectivity index (χ0n) is 12.1. The number of fused-ring (bicyclic) bond motifs is 1. The quantitative estimate of drug-likeness (QED) is 0.893. The van der Waals surface area contributed by atoms with Crippen molar-refractivity contribution in [3.05, 3.63) is 46.8 Å². The van der Waals surface area contributed by atoms with Gasteiger partial charge in [-0.1, -0.05) is 18.2 Å². The second kappa shape index (κ2) is 5.66. The molecule has 0 spiro atoms. The first-order chi connectivity index (χ1) is 10.4. The van der Waals surface area contributed by atoms with Gasteiger partial charge in [-0.3, -0.25) is 0 Å². The highest BCUT2D eigenvalue weighted by molar-refractivity contribution is 7.91. The SMILES string of the molecule is Cc1ccc(S(=O)(=O)NC[C@]2(O)CCOc3ccccc32)s1. The molecule has 2 N–H and O–H groups in total. The number of ether oxygens (including phenoxy) is 1. The Morgan fingerprint density at radius 2 is 2.09 bits per heavy atom. The summed E-state index contributed by atoms with van der Waals surface area (Å²) < 4.78 is 32.9. The standard InChI is InChI=1S/C15H17NO4S2/c1-11-6-7-14(21-11)22(18,19)16-10-15(17)8-9-20-13-5-3-2-4-12(13)15/h2-7,16-17H,8-10H2,1H3/t15-/m1/s1. The fourth-order valence-corrected chi connectivity index (χ4v) is 4.88. The summed E-state index contributed by atoms with van der Waals surface area (Å²) >= 11 is 1.21. The van der Waals surface area contributed by atoms with Gasteiger partial charge in [0, 0.05) is 23.4 Å². The van der Waals surface area contributed by atoms with Gasteiger partial charge in [0.15, 0.2) is 0 Å². The van der Waals surface area contributed by atoms with E-state index in [1.165, 1.54) is 11.3 Å². The molecule has 1 aliphatic rings. The first-order valence-electron chi connectivity index (χ1n) is 6.91. The molecular weight excluding hydrogens is 322 g/mol. The van der Waals surface area contributed by atoms with Crippen LogP contribution in [0.15, 0.2) is 40.6 Å². The molecule has 22 heavy (non-hydrogen) atoms. The van der Waals surface area contributed by atoms with Crippen molar-refractivity contribution >= 4 is 21.4 Å². The third-order valence-electron chi connectivity index (χ3n) is 3.70. The summed E-state index contributed by atoms with van der Waals surface area (Å²) in [5.41, 5.74) is -0.639. The van der Waals surface area contributed by atoms with Gasteiger partial charge in [0.25, 0.3) is 0 Å². The van der Waals surface area contributed by atoms with Crippen LogP contribution in [-0.4, -0.2) is 26.7 Å². The van der Waals surface area contributed by atoms with E-state index < -0.39 is 15.6 Å². The van der Waals surface area contributed by atoms with E-state index in [1.807, 2.05) is 13.0 Å². The summed E-state index contributed by atoms with van der Waals surface area (Å²) in [5, 5.41) is 10.8. The van der Waals surface area contributed by atoms with Crippen LogP contribution in [0.5, 0.6) is 5.75 Å². The van der Waals surface area contributed by atoms with Crippen molar-refractivity contribution in [2.24, 2.45) is 0 Å². The summed E-state index contributed by atoms with van der Waals surface area (Å²) in [7, 11) is -3.61. The smallest absolute Gasteiger partial charge is 0.250 e. The molecule has 0 unspecified atom stereocenters. The summed E-state index contributed by atoms with van der Waals surface area (Å²) in [5.74, 6) is 0.599. The lowest BCUT2D eigenvalue weighted by Crippen LogP contribution is -2.43. The van der Waals surface area contributed by atoms with Crippen molar-refractivity contribution in [1.82, 2.24) is 4.72 Å². The van der Waals surface area contributed by atoms with Crippen LogP contribution in [0.2, 0.25) is 0 Å². The Hall–Kier alpha value is -1.41. The Bertz CT molecular complexity index is 784. The highest BCUT2D eigenvalue weighted by Gasteiger charge is 2.36. The maximum Gasteiger partial charge on any atom is 0.250 e. The van der Waals surface area contributed by atoms with Crippen LogP contribution in [0.4, 0.5) is 0 Å². The Labute approximate surface area is 133 Å². The van der Waals surface area contributed by atoms with Gasteiger partial charge in [0.2, 0.25) is 10.0 Å². The average molecular weight is 339 g/mol. The number of hydrogen-bond acceptors (Lipinski definition) is 5. The Morgan fingerprint density at radius 3 is 2.82 bits per heavy atom. The van der Waals surface area contributed by atoms with Gasteiger partial charge in [-0.25, -0.2) is 13.1 Å².